The molecule has 0 radical (unpaired) electrons. The Morgan fingerprint density at radius 1 is 1.33 bits per heavy atom. The zero-order chi connectivity index (χ0) is 11.1. The van der Waals surface area contributed by atoms with Gasteiger partial charge in [-0.3, -0.25) is 0 Å². The molecular formula is C12H16N2O. The quantitative estimate of drug-likeness (QED) is 0.590. The van der Waals surface area contributed by atoms with Gasteiger partial charge in [0.15, 0.2) is 0 Å². The second kappa shape index (κ2) is 6.05. The molecule has 0 aromatic heterocycles. The van der Waals surface area contributed by atoms with E-state index in [9.17, 15) is 0 Å². The van der Waals surface area contributed by atoms with Crippen molar-refractivity contribution in [2.45, 2.75) is 26.5 Å². The highest BCUT2D eigenvalue weighted by Gasteiger charge is 1.97. The smallest absolute Gasteiger partial charge is 0.119 e. The van der Waals surface area contributed by atoms with Crippen LogP contribution in [0.25, 0.3) is 0 Å². The van der Waals surface area contributed by atoms with Gasteiger partial charge in [-0.2, -0.15) is 5.26 Å². The summed E-state index contributed by atoms with van der Waals surface area (Å²) in [5.74, 6) is 0.883. The monoisotopic (exact) mass is 204 g/mol. The predicted octanol–water partition coefficient (Wildman–Crippen LogP) is 2.09. The van der Waals surface area contributed by atoms with Gasteiger partial charge in [0.1, 0.15) is 5.75 Å². The van der Waals surface area contributed by atoms with Crippen molar-refractivity contribution in [3.05, 3.63) is 29.8 Å². The van der Waals surface area contributed by atoms with Gasteiger partial charge in [-0.15, -0.1) is 0 Å². The molecule has 0 aliphatic heterocycles. The van der Waals surface area contributed by atoms with Crippen LogP contribution in [0.1, 0.15) is 19.4 Å². The van der Waals surface area contributed by atoms with E-state index in [0.717, 1.165) is 17.9 Å². The molecule has 0 atom stereocenters. The minimum Gasteiger partial charge on any atom is -0.491 e. The topological polar surface area (TPSA) is 45.0 Å². The number of benzene rings is 1. The Balaban J connectivity index is 2.46. The SMILES string of the molecule is CC(C)Oc1ccc(CNCC#N)cc1. The van der Waals surface area contributed by atoms with Crippen LogP contribution < -0.4 is 10.1 Å². The van der Waals surface area contributed by atoms with Crippen LogP contribution in [0.5, 0.6) is 5.75 Å². The molecule has 80 valence electrons. The second-order valence-electron chi connectivity index (χ2n) is 3.57. The number of ether oxygens (including phenoxy) is 1. The summed E-state index contributed by atoms with van der Waals surface area (Å²) in [6, 6.07) is 9.94. The Hall–Kier alpha value is -1.53. The largest absolute Gasteiger partial charge is 0.491 e. The van der Waals surface area contributed by atoms with Crippen molar-refractivity contribution in [2.75, 3.05) is 6.54 Å². The van der Waals surface area contributed by atoms with Crippen molar-refractivity contribution < 1.29 is 4.74 Å². The van der Waals surface area contributed by atoms with Gasteiger partial charge in [0.25, 0.3) is 0 Å². The number of rotatable bonds is 5. The summed E-state index contributed by atoms with van der Waals surface area (Å²) in [5, 5.41) is 11.4. The molecular weight excluding hydrogens is 188 g/mol. The van der Waals surface area contributed by atoms with Crippen LogP contribution in [0.4, 0.5) is 0 Å². The number of nitrogens with one attached hydrogen (secondary N) is 1. The van der Waals surface area contributed by atoms with E-state index < -0.39 is 0 Å². The van der Waals surface area contributed by atoms with Crippen LogP contribution in [0.3, 0.4) is 0 Å². The molecule has 0 bridgehead atoms. The van der Waals surface area contributed by atoms with Crippen LogP contribution in [-0.2, 0) is 6.54 Å². The van der Waals surface area contributed by atoms with Crippen LogP contribution in [0.15, 0.2) is 24.3 Å². The lowest BCUT2D eigenvalue weighted by Gasteiger charge is -2.09. The summed E-state index contributed by atoms with van der Waals surface area (Å²) >= 11 is 0. The molecule has 0 aliphatic rings. The predicted molar refractivity (Wildman–Crippen MR) is 59.5 cm³/mol. The fourth-order valence-corrected chi connectivity index (χ4v) is 1.22. The molecule has 3 heteroatoms. The first-order valence-corrected chi connectivity index (χ1v) is 5.05. The van der Waals surface area contributed by atoms with E-state index in [1.807, 2.05) is 44.2 Å². The first-order chi connectivity index (χ1) is 7.22. The van der Waals surface area contributed by atoms with E-state index in [2.05, 4.69) is 5.32 Å². The first-order valence-electron chi connectivity index (χ1n) is 5.05. The van der Waals surface area contributed by atoms with Crippen LogP contribution in [-0.4, -0.2) is 12.6 Å². The van der Waals surface area contributed by atoms with Crippen molar-refractivity contribution >= 4 is 0 Å². The van der Waals surface area contributed by atoms with E-state index in [1.165, 1.54) is 0 Å². The molecule has 0 aliphatic carbocycles. The lowest BCUT2D eigenvalue weighted by Crippen LogP contribution is -2.12. The molecule has 0 spiro atoms. The summed E-state index contributed by atoms with van der Waals surface area (Å²) in [7, 11) is 0. The molecule has 0 heterocycles. The van der Waals surface area contributed by atoms with E-state index in [1.54, 1.807) is 0 Å². The van der Waals surface area contributed by atoms with Gasteiger partial charge >= 0.3 is 0 Å². The van der Waals surface area contributed by atoms with Crippen molar-refractivity contribution in [3.8, 4) is 11.8 Å². The Morgan fingerprint density at radius 2 is 2.00 bits per heavy atom. The Bertz CT molecular complexity index is 324. The standard InChI is InChI=1S/C12H16N2O/c1-10(2)15-12-5-3-11(4-6-12)9-14-8-7-13/h3-6,10,14H,8-9H2,1-2H3. The summed E-state index contributed by atoms with van der Waals surface area (Å²) in [6.45, 7) is 5.10. The van der Waals surface area contributed by atoms with Crippen LogP contribution >= 0.6 is 0 Å². The average Bonchev–Trinajstić information content (AvgIpc) is 2.20. The molecule has 15 heavy (non-hydrogen) atoms. The van der Waals surface area contributed by atoms with Crippen molar-refractivity contribution in [1.29, 1.82) is 5.26 Å². The van der Waals surface area contributed by atoms with Crippen LogP contribution in [0.2, 0.25) is 0 Å². The molecule has 0 saturated heterocycles. The normalized spacial score (nSPS) is 10.0. The molecule has 0 saturated carbocycles. The second-order valence-corrected chi connectivity index (χ2v) is 3.57. The first kappa shape index (κ1) is 11.5. The van der Waals surface area contributed by atoms with E-state index >= 15 is 0 Å². The lowest BCUT2D eigenvalue weighted by atomic mass is 10.2. The van der Waals surface area contributed by atoms with E-state index in [-0.39, 0.29) is 6.10 Å². The van der Waals surface area contributed by atoms with Gasteiger partial charge in [-0.05, 0) is 31.5 Å². The van der Waals surface area contributed by atoms with E-state index in [4.69, 9.17) is 10.00 Å². The highest BCUT2D eigenvalue weighted by atomic mass is 16.5. The average molecular weight is 204 g/mol. The molecule has 0 unspecified atom stereocenters. The highest BCUT2D eigenvalue weighted by Crippen LogP contribution is 2.13. The molecule has 3 nitrogen and oxygen atoms in total. The number of hydrogen-bond donors (Lipinski definition) is 1. The number of nitriles is 1. The van der Waals surface area contributed by atoms with Crippen molar-refractivity contribution in [3.63, 3.8) is 0 Å². The third kappa shape index (κ3) is 4.48. The molecule has 1 N–H and O–H groups in total. The highest BCUT2D eigenvalue weighted by molar-refractivity contribution is 5.27. The van der Waals surface area contributed by atoms with Gasteiger partial charge in [-0.25, -0.2) is 0 Å². The van der Waals surface area contributed by atoms with Gasteiger partial charge in [0.2, 0.25) is 0 Å². The summed E-state index contributed by atoms with van der Waals surface area (Å²) < 4.78 is 5.52. The number of hydrogen-bond acceptors (Lipinski definition) is 3. The van der Waals surface area contributed by atoms with Gasteiger partial charge < -0.3 is 10.1 Å². The number of nitrogens with zero attached hydrogens (tertiary/aromatic N) is 1. The van der Waals surface area contributed by atoms with Crippen molar-refractivity contribution in [1.82, 2.24) is 5.32 Å². The zero-order valence-corrected chi connectivity index (χ0v) is 9.16. The fraction of sp³-hybridized carbons (Fsp3) is 0.417. The summed E-state index contributed by atoms with van der Waals surface area (Å²) in [4.78, 5) is 0. The molecule has 0 fully saturated rings. The maximum atomic E-state index is 8.36. The Morgan fingerprint density at radius 3 is 2.53 bits per heavy atom. The third-order valence-electron chi connectivity index (χ3n) is 1.83. The lowest BCUT2D eigenvalue weighted by molar-refractivity contribution is 0.242. The van der Waals surface area contributed by atoms with Gasteiger partial charge in [0.05, 0.1) is 18.7 Å². The third-order valence-corrected chi connectivity index (χ3v) is 1.83. The minimum atomic E-state index is 0.201. The maximum Gasteiger partial charge on any atom is 0.119 e. The Kier molecular flexibility index (Phi) is 4.65. The molecule has 0 amide bonds. The summed E-state index contributed by atoms with van der Waals surface area (Å²) in [5.41, 5.74) is 1.15. The minimum absolute atomic E-state index is 0.201. The maximum absolute atomic E-state index is 8.36. The van der Waals surface area contributed by atoms with Crippen molar-refractivity contribution in [2.24, 2.45) is 0 Å². The molecule has 1 rings (SSSR count). The van der Waals surface area contributed by atoms with Crippen LogP contribution in [0, 0.1) is 11.3 Å². The molecule has 1 aromatic rings. The fourth-order valence-electron chi connectivity index (χ4n) is 1.22. The van der Waals surface area contributed by atoms with E-state index in [0.29, 0.717) is 6.54 Å². The van der Waals surface area contributed by atoms with Gasteiger partial charge in [0, 0.05) is 6.54 Å². The zero-order valence-electron chi connectivity index (χ0n) is 9.16. The Labute approximate surface area is 90.7 Å². The van der Waals surface area contributed by atoms with Gasteiger partial charge in [-0.1, -0.05) is 12.1 Å². The summed E-state index contributed by atoms with van der Waals surface area (Å²) in [6.07, 6.45) is 0.201. The molecule has 1 aromatic carbocycles.